The van der Waals surface area contributed by atoms with Crippen molar-refractivity contribution < 1.29 is 14.4 Å². The van der Waals surface area contributed by atoms with Gasteiger partial charge in [0.05, 0.1) is 0 Å². The van der Waals surface area contributed by atoms with Crippen LogP contribution in [0.4, 0.5) is 4.79 Å². The molecule has 0 aliphatic carbocycles. The predicted octanol–water partition coefficient (Wildman–Crippen LogP) is 3.60. The molecule has 2 heterocycles. The summed E-state index contributed by atoms with van der Waals surface area (Å²) in [6, 6.07) is 20.8. The average Bonchev–Trinajstić information content (AvgIpc) is 3.09. The number of nitrogens with one attached hydrogen (secondary N) is 1. The van der Waals surface area contributed by atoms with Crippen LogP contribution < -0.4 is 5.32 Å². The molecule has 35 heavy (non-hydrogen) atoms. The van der Waals surface area contributed by atoms with Crippen molar-refractivity contribution in [2.45, 2.75) is 19.0 Å². The lowest BCUT2D eigenvalue weighted by Gasteiger charge is -2.35. The van der Waals surface area contributed by atoms with Crippen molar-refractivity contribution in [3.05, 3.63) is 82.9 Å². The van der Waals surface area contributed by atoms with E-state index in [9.17, 15) is 14.4 Å². The van der Waals surface area contributed by atoms with Gasteiger partial charge in [0.2, 0.25) is 5.91 Å². The van der Waals surface area contributed by atoms with Gasteiger partial charge in [0.25, 0.3) is 5.91 Å². The first-order valence-corrected chi connectivity index (χ1v) is 12.1. The molecular weight excluding hydrogens is 464 g/mol. The van der Waals surface area contributed by atoms with Gasteiger partial charge in [0.15, 0.2) is 0 Å². The van der Waals surface area contributed by atoms with E-state index in [1.807, 2.05) is 66.7 Å². The van der Waals surface area contributed by atoms with Gasteiger partial charge < -0.3 is 10.2 Å². The molecule has 0 aromatic heterocycles. The molecule has 2 fully saturated rings. The molecule has 4 amide bonds. The van der Waals surface area contributed by atoms with Gasteiger partial charge >= 0.3 is 6.03 Å². The molecule has 0 unspecified atom stereocenters. The highest BCUT2D eigenvalue weighted by molar-refractivity contribution is 6.30. The first-order valence-electron chi connectivity index (χ1n) is 11.7. The molecule has 7 nitrogen and oxygen atoms in total. The molecule has 0 saturated carbocycles. The fraction of sp³-hybridized carbons (Fsp3) is 0.296. The lowest BCUT2D eigenvalue weighted by atomic mass is 9.90. The second-order valence-electron chi connectivity index (χ2n) is 9.29. The van der Waals surface area contributed by atoms with Crippen molar-refractivity contribution >= 4 is 40.2 Å². The molecule has 3 aromatic carbocycles. The number of hydrogen-bond donors (Lipinski definition) is 1. The van der Waals surface area contributed by atoms with Crippen LogP contribution in [0, 0.1) is 0 Å². The number of benzene rings is 3. The lowest BCUT2D eigenvalue weighted by Crippen LogP contribution is -2.51. The molecule has 3 aromatic rings. The minimum atomic E-state index is -1.21. The minimum absolute atomic E-state index is 0.220. The zero-order valence-electron chi connectivity index (χ0n) is 19.5. The van der Waals surface area contributed by atoms with Crippen molar-refractivity contribution in [2.75, 3.05) is 32.7 Å². The molecular formula is C27H27ClN4O3. The summed E-state index contributed by atoms with van der Waals surface area (Å²) in [4.78, 5) is 44.1. The van der Waals surface area contributed by atoms with Crippen LogP contribution >= 0.6 is 11.6 Å². The van der Waals surface area contributed by atoms with E-state index in [1.54, 1.807) is 11.8 Å². The maximum Gasteiger partial charge on any atom is 0.325 e. The number of fused-ring (bicyclic) bond motifs is 1. The molecule has 0 spiro atoms. The van der Waals surface area contributed by atoms with Crippen LogP contribution in [-0.4, -0.2) is 65.3 Å². The zero-order valence-corrected chi connectivity index (χ0v) is 20.3. The fourth-order valence-corrected chi connectivity index (χ4v) is 4.90. The molecule has 1 N–H and O–H groups in total. The maximum atomic E-state index is 13.3. The Hall–Kier alpha value is -3.42. The molecule has 0 bridgehead atoms. The van der Waals surface area contributed by atoms with Crippen LogP contribution in [0.25, 0.3) is 10.8 Å². The van der Waals surface area contributed by atoms with Crippen LogP contribution in [-0.2, 0) is 21.7 Å². The van der Waals surface area contributed by atoms with E-state index in [2.05, 4.69) is 10.2 Å². The van der Waals surface area contributed by atoms with Crippen LogP contribution in [0.5, 0.6) is 0 Å². The van der Waals surface area contributed by atoms with Crippen LogP contribution in [0.1, 0.15) is 18.1 Å². The number of carbonyl (C=O) groups is 3. The average molecular weight is 491 g/mol. The van der Waals surface area contributed by atoms with E-state index in [0.717, 1.165) is 35.3 Å². The Morgan fingerprint density at radius 1 is 0.943 bits per heavy atom. The summed E-state index contributed by atoms with van der Waals surface area (Å²) in [6.07, 6.45) is 0. The molecule has 2 saturated heterocycles. The number of hydrogen-bond acceptors (Lipinski definition) is 4. The second-order valence-corrected chi connectivity index (χ2v) is 9.73. The summed E-state index contributed by atoms with van der Waals surface area (Å²) in [6.45, 7) is 4.78. The first kappa shape index (κ1) is 23.3. The third-order valence-corrected chi connectivity index (χ3v) is 7.19. The number of rotatable bonds is 5. The highest BCUT2D eigenvalue weighted by Gasteiger charge is 2.49. The third-order valence-electron chi connectivity index (χ3n) is 6.94. The summed E-state index contributed by atoms with van der Waals surface area (Å²) in [5.41, 5.74) is 0.653. The van der Waals surface area contributed by atoms with E-state index in [4.69, 9.17) is 11.6 Å². The van der Waals surface area contributed by atoms with Gasteiger partial charge in [-0.1, -0.05) is 60.1 Å². The highest BCUT2D eigenvalue weighted by Crippen LogP contribution is 2.31. The van der Waals surface area contributed by atoms with E-state index in [0.29, 0.717) is 23.7 Å². The monoisotopic (exact) mass is 490 g/mol. The van der Waals surface area contributed by atoms with Crippen molar-refractivity contribution in [1.29, 1.82) is 0 Å². The molecule has 1 atom stereocenters. The summed E-state index contributed by atoms with van der Waals surface area (Å²) in [7, 11) is 0. The summed E-state index contributed by atoms with van der Waals surface area (Å²) < 4.78 is 0. The predicted molar refractivity (Wildman–Crippen MR) is 135 cm³/mol. The molecule has 2 aliphatic heterocycles. The number of carbonyl (C=O) groups excluding carboxylic acids is 3. The van der Waals surface area contributed by atoms with Crippen LogP contribution in [0.15, 0.2) is 66.7 Å². The Morgan fingerprint density at radius 2 is 1.63 bits per heavy atom. The SMILES string of the molecule is C[C@@]1(c2ccc3ccccc3c2)NC(=O)N(CC(=O)N2CCN(Cc3ccc(Cl)cc3)CC2)C1=O. The normalized spacial score (nSPS) is 21.0. The maximum absolute atomic E-state index is 13.3. The highest BCUT2D eigenvalue weighted by atomic mass is 35.5. The summed E-state index contributed by atoms with van der Waals surface area (Å²) >= 11 is 5.96. The molecule has 0 radical (unpaired) electrons. The molecule has 8 heteroatoms. The van der Waals surface area contributed by atoms with E-state index < -0.39 is 17.5 Å². The molecule has 2 aliphatic rings. The Kier molecular flexibility index (Phi) is 6.21. The van der Waals surface area contributed by atoms with Gasteiger partial charge in [-0.05, 0) is 47.0 Å². The van der Waals surface area contributed by atoms with Crippen LogP contribution in [0.2, 0.25) is 5.02 Å². The van der Waals surface area contributed by atoms with E-state index >= 15 is 0 Å². The largest absolute Gasteiger partial charge is 0.339 e. The van der Waals surface area contributed by atoms with Gasteiger partial charge in [-0.2, -0.15) is 0 Å². The van der Waals surface area contributed by atoms with Crippen molar-refractivity contribution in [3.8, 4) is 0 Å². The standard InChI is InChI=1S/C27H27ClN4O3/c1-27(22-9-8-20-4-2-3-5-21(20)16-22)25(34)32(26(35)29-27)18-24(33)31-14-12-30(13-15-31)17-19-6-10-23(28)11-7-19/h2-11,16H,12-15,17-18H2,1H3,(H,29,35)/t27-/m0/s1. The fourth-order valence-electron chi connectivity index (χ4n) is 4.78. The summed E-state index contributed by atoms with van der Waals surface area (Å²) in [5.74, 6) is -0.630. The molecule has 180 valence electrons. The Balaban J connectivity index is 1.21. The third kappa shape index (κ3) is 4.61. The lowest BCUT2D eigenvalue weighted by molar-refractivity contribution is -0.139. The Morgan fingerprint density at radius 3 is 2.34 bits per heavy atom. The van der Waals surface area contributed by atoms with Crippen molar-refractivity contribution in [1.82, 2.24) is 20.0 Å². The number of urea groups is 1. The van der Waals surface area contributed by atoms with E-state index in [1.165, 1.54) is 5.56 Å². The summed E-state index contributed by atoms with van der Waals surface area (Å²) in [5, 5.41) is 5.56. The van der Waals surface area contributed by atoms with Crippen molar-refractivity contribution in [3.63, 3.8) is 0 Å². The van der Waals surface area contributed by atoms with Gasteiger partial charge in [0, 0.05) is 37.7 Å². The zero-order chi connectivity index (χ0) is 24.6. The number of imide groups is 1. The number of piperazine rings is 1. The van der Waals surface area contributed by atoms with Gasteiger partial charge in [-0.25, -0.2) is 4.79 Å². The van der Waals surface area contributed by atoms with Gasteiger partial charge in [0.1, 0.15) is 12.1 Å². The molecule has 5 rings (SSSR count). The van der Waals surface area contributed by atoms with Gasteiger partial charge in [-0.15, -0.1) is 0 Å². The van der Waals surface area contributed by atoms with Crippen LogP contribution in [0.3, 0.4) is 0 Å². The Bertz CT molecular complexity index is 1290. The van der Waals surface area contributed by atoms with Crippen molar-refractivity contribution in [2.24, 2.45) is 0 Å². The topological polar surface area (TPSA) is 73.0 Å². The number of nitrogens with zero attached hydrogens (tertiary/aromatic N) is 3. The van der Waals surface area contributed by atoms with E-state index in [-0.39, 0.29) is 12.5 Å². The number of amides is 4. The first-order chi connectivity index (χ1) is 16.8. The minimum Gasteiger partial charge on any atom is -0.339 e. The smallest absolute Gasteiger partial charge is 0.325 e. The number of halogens is 1. The Labute approximate surface area is 209 Å². The second kappa shape index (κ2) is 9.32. The van der Waals surface area contributed by atoms with Gasteiger partial charge in [-0.3, -0.25) is 19.4 Å². The quantitative estimate of drug-likeness (QED) is 0.555.